The summed E-state index contributed by atoms with van der Waals surface area (Å²) in [6.45, 7) is 3.33. The van der Waals surface area contributed by atoms with Gasteiger partial charge in [0, 0.05) is 34.8 Å². The van der Waals surface area contributed by atoms with Crippen LogP contribution in [0.2, 0.25) is 0 Å². The molecule has 4 aromatic rings. The van der Waals surface area contributed by atoms with Crippen molar-refractivity contribution in [2.75, 3.05) is 6.61 Å². The summed E-state index contributed by atoms with van der Waals surface area (Å²) in [5.74, 6) is -2.43. The number of nitro groups is 1. The van der Waals surface area contributed by atoms with E-state index in [-0.39, 0.29) is 40.3 Å². The second-order valence-corrected chi connectivity index (χ2v) is 6.79. The van der Waals surface area contributed by atoms with E-state index in [1.54, 1.807) is 19.9 Å². The molecule has 0 aliphatic heterocycles. The molecule has 0 aliphatic rings. The van der Waals surface area contributed by atoms with Gasteiger partial charge in [0.1, 0.15) is 17.0 Å². The van der Waals surface area contributed by atoms with Crippen LogP contribution in [0, 0.1) is 28.7 Å². The van der Waals surface area contributed by atoms with Gasteiger partial charge in [0.25, 0.3) is 5.69 Å². The van der Waals surface area contributed by atoms with Crippen LogP contribution in [0.5, 0.6) is 0 Å². The number of hydrogen-bond donors (Lipinski definition) is 0. The molecule has 32 heavy (non-hydrogen) atoms. The van der Waals surface area contributed by atoms with Crippen molar-refractivity contribution in [2.45, 2.75) is 13.8 Å². The van der Waals surface area contributed by atoms with Crippen LogP contribution in [0.25, 0.3) is 27.8 Å². The number of hydrogen-bond acceptors (Lipinski definition) is 7. The molecular weight excluding hydrogens is 424 g/mol. The minimum absolute atomic E-state index is 0.0794. The van der Waals surface area contributed by atoms with E-state index >= 15 is 0 Å². The lowest BCUT2D eigenvalue weighted by molar-refractivity contribution is -0.384. The first kappa shape index (κ1) is 21.0. The number of ether oxygens (including phenoxy) is 1. The normalized spacial score (nSPS) is 11.0. The lowest BCUT2D eigenvalue weighted by Gasteiger charge is -2.12. The second kappa shape index (κ2) is 8.10. The van der Waals surface area contributed by atoms with Gasteiger partial charge in [-0.15, -0.1) is 5.10 Å². The van der Waals surface area contributed by atoms with Crippen LogP contribution in [-0.4, -0.2) is 37.5 Å². The Labute approximate surface area is 179 Å². The van der Waals surface area contributed by atoms with Gasteiger partial charge in [-0.2, -0.15) is 0 Å². The maximum Gasteiger partial charge on any atom is 0.361 e. The number of fused-ring (bicyclic) bond motifs is 1. The number of aromatic nitrogens is 4. The van der Waals surface area contributed by atoms with Crippen LogP contribution < -0.4 is 0 Å². The molecule has 9 nitrogen and oxygen atoms in total. The fourth-order valence-corrected chi connectivity index (χ4v) is 3.32. The van der Waals surface area contributed by atoms with Crippen LogP contribution in [0.1, 0.15) is 23.1 Å². The molecule has 0 radical (unpaired) electrons. The Morgan fingerprint density at radius 2 is 1.91 bits per heavy atom. The van der Waals surface area contributed by atoms with Gasteiger partial charge in [0.15, 0.2) is 11.5 Å². The van der Waals surface area contributed by atoms with Crippen molar-refractivity contribution in [3.63, 3.8) is 0 Å². The van der Waals surface area contributed by atoms with E-state index in [9.17, 15) is 23.7 Å². The summed E-state index contributed by atoms with van der Waals surface area (Å²) in [6, 6.07) is 8.74. The summed E-state index contributed by atoms with van der Waals surface area (Å²) in [5, 5.41) is 19.1. The summed E-state index contributed by atoms with van der Waals surface area (Å²) < 4.78 is 34.7. The molecule has 0 saturated carbocycles. The first-order chi connectivity index (χ1) is 15.3. The Balaban J connectivity index is 2.02. The van der Waals surface area contributed by atoms with Gasteiger partial charge in [-0.1, -0.05) is 5.21 Å². The van der Waals surface area contributed by atoms with Gasteiger partial charge in [-0.05, 0) is 38.1 Å². The van der Waals surface area contributed by atoms with Gasteiger partial charge in [-0.3, -0.25) is 10.1 Å². The predicted octanol–water partition coefficient (Wildman–Crippen LogP) is 4.15. The van der Waals surface area contributed by atoms with Gasteiger partial charge in [-0.25, -0.2) is 23.2 Å². The molecule has 4 rings (SSSR count). The first-order valence-corrected chi connectivity index (χ1v) is 9.44. The SMILES string of the molecule is CCOC(=O)c1nnn(-c2cc(C)nc3c(F)cc(F)cc23)c1-c1ccc([N+](=O)[O-])cc1. The highest BCUT2D eigenvalue weighted by molar-refractivity contribution is 5.96. The summed E-state index contributed by atoms with van der Waals surface area (Å²) in [5.41, 5.74) is 0.769. The van der Waals surface area contributed by atoms with Crippen molar-refractivity contribution >= 4 is 22.6 Å². The molecule has 0 fully saturated rings. The summed E-state index contributed by atoms with van der Waals surface area (Å²) >= 11 is 0. The molecule has 0 atom stereocenters. The average Bonchev–Trinajstić information content (AvgIpc) is 3.19. The molecule has 2 heterocycles. The van der Waals surface area contributed by atoms with E-state index in [1.807, 2.05) is 0 Å². The quantitative estimate of drug-likeness (QED) is 0.261. The van der Waals surface area contributed by atoms with Crippen molar-refractivity contribution in [2.24, 2.45) is 0 Å². The maximum atomic E-state index is 14.4. The smallest absolute Gasteiger partial charge is 0.361 e. The van der Waals surface area contributed by atoms with Gasteiger partial charge >= 0.3 is 5.97 Å². The topological polar surface area (TPSA) is 113 Å². The molecule has 0 saturated heterocycles. The number of pyridine rings is 1. The standard InChI is InChI=1S/C21H15F2N5O4/c1-3-32-21(29)19-20(12-4-6-14(7-5-12)28(30)31)27(26-25-19)17-8-11(2)24-18-15(17)9-13(22)10-16(18)23/h4-10H,3H2,1-2H3. The van der Waals surface area contributed by atoms with E-state index in [1.165, 1.54) is 28.9 Å². The molecule has 2 aromatic heterocycles. The van der Waals surface area contributed by atoms with Crippen molar-refractivity contribution in [1.29, 1.82) is 0 Å². The lowest BCUT2D eigenvalue weighted by Crippen LogP contribution is -2.08. The van der Waals surface area contributed by atoms with E-state index in [4.69, 9.17) is 4.74 Å². The first-order valence-electron chi connectivity index (χ1n) is 9.44. The van der Waals surface area contributed by atoms with Crippen LogP contribution in [0.15, 0.2) is 42.5 Å². The molecule has 0 N–H and O–H groups in total. The van der Waals surface area contributed by atoms with Crippen LogP contribution in [0.4, 0.5) is 14.5 Å². The van der Waals surface area contributed by atoms with E-state index in [0.29, 0.717) is 11.3 Å². The second-order valence-electron chi connectivity index (χ2n) is 6.79. The van der Waals surface area contributed by atoms with E-state index in [0.717, 1.165) is 12.1 Å². The minimum Gasteiger partial charge on any atom is -0.461 e. The number of non-ortho nitro benzene ring substituents is 1. The molecule has 0 aliphatic carbocycles. The Hall–Kier alpha value is -4.28. The Morgan fingerprint density at radius 3 is 2.56 bits per heavy atom. The molecule has 162 valence electrons. The number of nitrogens with zero attached hydrogens (tertiary/aromatic N) is 5. The number of benzene rings is 2. The van der Waals surface area contributed by atoms with Crippen LogP contribution >= 0.6 is 0 Å². The number of halogens is 2. The fraction of sp³-hybridized carbons (Fsp3) is 0.143. The zero-order chi connectivity index (χ0) is 23.0. The van der Waals surface area contributed by atoms with Crippen LogP contribution in [0.3, 0.4) is 0 Å². The molecule has 0 unspecified atom stereocenters. The Morgan fingerprint density at radius 1 is 1.19 bits per heavy atom. The lowest BCUT2D eigenvalue weighted by atomic mass is 10.1. The molecule has 11 heteroatoms. The number of carbonyl (C=O) groups excluding carboxylic acids is 1. The molecular formula is C21H15F2N5O4. The monoisotopic (exact) mass is 439 g/mol. The zero-order valence-corrected chi connectivity index (χ0v) is 16.9. The van der Waals surface area contributed by atoms with Crippen molar-refractivity contribution in [3.05, 3.63) is 75.6 Å². The largest absolute Gasteiger partial charge is 0.461 e. The van der Waals surface area contributed by atoms with Crippen molar-refractivity contribution < 1.29 is 23.2 Å². The highest BCUT2D eigenvalue weighted by Crippen LogP contribution is 2.31. The highest BCUT2D eigenvalue weighted by Gasteiger charge is 2.25. The number of nitro benzene ring substituents is 1. The average molecular weight is 439 g/mol. The number of carbonyl (C=O) groups is 1. The van der Waals surface area contributed by atoms with Gasteiger partial charge < -0.3 is 4.74 Å². The van der Waals surface area contributed by atoms with Gasteiger partial charge in [0.2, 0.25) is 0 Å². The number of rotatable bonds is 5. The Kier molecular flexibility index (Phi) is 5.31. The fourth-order valence-electron chi connectivity index (χ4n) is 3.32. The number of aryl methyl sites for hydroxylation is 1. The predicted molar refractivity (Wildman–Crippen MR) is 109 cm³/mol. The number of esters is 1. The summed E-state index contributed by atoms with van der Waals surface area (Å²) in [4.78, 5) is 27.1. The molecule has 0 bridgehead atoms. The summed E-state index contributed by atoms with van der Waals surface area (Å²) in [6.07, 6.45) is 0. The molecule has 0 amide bonds. The van der Waals surface area contributed by atoms with Crippen molar-refractivity contribution in [1.82, 2.24) is 20.0 Å². The molecule has 2 aromatic carbocycles. The van der Waals surface area contributed by atoms with E-state index < -0.39 is 22.5 Å². The third-order valence-corrected chi connectivity index (χ3v) is 4.66. The third kappa shape index (κ3) is 3.64. The zero-order valence-electron chi connectivity index (χ0n) is 16.9. The van der Waals surface area contributed by atoms with E-state index in [2.05, 4.69) is 15.3 Å². The van der Waals surface area contributed by atoms with Crippen molar-refractivity contribution in [3.8, 4) is 16.9 Å². The van der Waals surface area contributed by atoms with Gasteiger partial charge in [0.05, 0.1) is 17.2 Å². The molecule has 0 spiro atoms. The summed E-state index contributed by atoms with van der Waals surface area (Å²) in [7, 11) is 0. The minimum atomic E-state index is -0.854. The Bertz CT molecular complexity index is 1370. The highest BCUT2D eigenvalue weighted by atomic mass is 19.1. The third-order valence-electron chi connectivity index (χ3n) is 4.66. The maximum absolute atomic E-state index is 14.4. The van der Waals surface area contributed by atoms with Crippen LogP contribution in [-0.2, 0) is 4.74 Å².